The highest BCUT2D eigenvalue weighted by molar-refractivity contribution is 6.02. The SMILES string of the molecule is COC/C(=N\NC=O)c1ccc(-c2ccc(F)cc2)c(C)c1. The van der Waals surface area contributed by atoms with Crippen LogP contribution in [0.5, 0.6) is 0 Å². The first kappa shape index (κ1) is 15.9. The fourth-order valence-electron chi connectivity index (χ4n) is 2.22. The Bertz CT molecular complexity index is 682. The van der Waals surface area contributed by atoms with Gasteiger partial charge in [-0.05, 0) is 41.8 Å². The highest BCUT2D eigenvalue weighted by Gasteiger charge is 2.08. The van der Waals surface area contributed by atoms with Gasteiger partial charge < -0.3 is 4.74 Å². The molecule has 1 amide bonds. The Morgan fingerprint density at radius 3 is 2.59 bits per heavy atom. The number of hydrogen-bond acceptors (Lipinski definition) is 3. The van der Waals surface area contributed by atoms with E-state index in [-0.39, 0.29) is 12.4 Å². The van der Waals surface area contributed by atoms with Gasteiger partial charge in [-0.15, -0.1) is 0 Å². The fourth-order valence-corrected chi connectivity index (χ4v) is 2.22. The molecule has 0 saturated carbocycles. The average molecular weight is 300 g/mol. The monoisotopic (exact) mass is 300 g/mol. The molecule has 0 atom stereocenters. The lowest BCUT2D eigenvalue weighted by Crippen LogP contribution is -2.15. The number of nitrogens with one attached hydrogen (secondary N) is 1. The van der Waals surface area contributed by atoms with Crippen LogP contribution in [0.3, 0.4) is 0 Å². The Balaban J connectivity index is 2.35. The van der Waals surface area contributed by atoms with E-state index in [1.54, 1.807) is 19.2 Å². The second-order valence-electron chi connectivity index (χ2n) is 4.78. The zero-order valence-corrected chi connectivity index (χ0v) is 12.5. The van der Waals surface area contributed by atoms with E-state index in [0.717, 1.165) is 22.3 Å². The van der Waals surface area contributed by atoms with Gasteiger partial charge in [0.25, 0.3) is 0 Å². The maximum absolute atomic E-state index is 13.0. The van der Waals surface area contributed by atoms with E-state index in [9.17, 15) is 9.18 Å². The summed E-state index contributed by atoms with van der Waals surface area (Å²) >= 11 is 0. The molecule has 4 nitrogen and oxygen atoms in total. The molecular formula is C17H17FN2O2. The predicted octanol–water partition coefficient (Wildman–Crippen LogP) is 2.90. The number of ether oxygens (including phenoxy) is 1. The van der Waals surface area contributed by atoms with Gasteiger partial charge in [0, 0.05) is 12.7 Å². The summed E-state index contributed by atoms with van der Waals surface area (Å²) in [5.41, 5.74) is 6.77. The number of benzene rings is 2. The second kappa shape index (κ2) is 7.47. The lowest BCUT2D eigenvalue weighted by molar-refractivity contribution is -0.109. The lowest BCUT2D eigenvalue weighted by atomic mass is 9.97. The molecule has 0 radical (unpaired) electrons. The summed E-state index contributed by atoms with van der Waals surface area (Å²) < 4.78 is 18.1. The van der Waals surface area contributed by atoms with E-state index >= 15 is 0 Å². The minimum atomic E-state index is -0.257. The van der Waals surface area contributed by atoms with Gasteiger partial charge in [-0.2, -0.15) is 5.10 Å². The number of hydrazone groups is 1. The van der Waals surface area contributed by atoms with Gasteiger partial charge in [0.2, 0.25) is 6.41 Å². The third-order valence-corrected chi connectivity index (χ3v) is 3.25. The van der Waals surface area contributed by atoms with Crippen LogP contribution in [0.4, 0.5) is 4.39 Å². The number of amides is 1. The van der Waals surface area contributed by atoms with Gasteiger partial charge >= 0.3 is 0 Å². The van der Waals surface area contributed by atoms with Crippen LogP contribution in [-0.4, -0.2) is 25.8 Å². The standard InChI is InChI=1S/C17H17FN2O2/c1-12-9-14(17(10-22-2)20-19-11-21)5-8-16(12)13-3-6-15(18)7-4-13/h3-9,11H,10H2,1-2H3,(H,19,21)/b20-17+. The predicted molar refractivity (Wildman–Crippen MR) is 84.2 cm³/mol. The van der Waals surface area contributed by atoms with Crippen LogP contribution < -0.4 is 5.43 Å². The summed E-state index contributed by atoms with van der Waals surface area (Å²) in [5, 5.41) is 3.98. The van der Waals surface area contributed by atoms with E-state index in [1.807, 2.05) is 25.1 Å². The van der Waals surface area contributed by atoms with Gasteiger partial charge in [-0.25, -0.2) is 9.82 Å². The topological polar surface area (TPSA) is 50.7 Å². The van der Waals surface area contributed by atoms with Crippen molar-refractivity contribution in [2.75, 3.05) is 13.7 Å². The number of carbonyl (C=O) groups excluding carboxylic acids is 1. The Morgan fingerprint density at radius 1 is 1.27 bits per heavy atom. The van der Waals surface area contributed by atoms with Gasteiger partial charge in [-0.3, -0.25) is 4.79 Å². The number of hydrogen-bond donors (Lipinski definition) is 1. The molecule has 0 aliphatic rings. The van der Waals surface area contributed by atoms with Gasteiger partial charge in [0.05, 0.1) is 12.3 Å². The van der Waals surface area contributed by atoms with Crippen molar-refractivity contribution >= 4 is 12.1 Å². The van der Waals surface area contributed by atoms with Crippen molar-refractivity contribution in [2.45, 2.75) is 6.92 Å². The molecule has 0 aromatic heterocycles. The second-order valence-corrected chi connectivity index (χ2v) is 4.78. The molecular weight excluding hydrogens is 283 g/mol. The van der Waals surface area contributed by atoms with Crippen molar-refractivity contribution in [1.82, 2.24) is 5.43 Å². The Morgan fingerprint density at radius 2 is 2.00 bits per heavy atom. The summed E-state index contributed by atoms with van der Waals surface area (Å²) in [6.07, 6.45) is 0.509. The Hall–Kier alpha value is -2.53. The van der Waals surface area contributed by atoms with Crippen LogP contribution in [0.2, 0.25) is 0 Å². The van der Waals surface area contributed by atoms with Crippen molar-refractivity contribution in [1.29, 1.82) is 0 Å². The normalized spacial score (nSPS) is 11.3. The third-order valence-electron chi connectivity index (χ3n) is 3.25. The zero-order valence-electron chi connectivity index (χ0n) is 12.5. The smallest absolute Gasteiger partial charge is 0.227 e. The summed E-state index contributed by atoms with van der Waals surface area (Å²) in [4.78, 5) is 10.4. The molecule has 22 heavy (non-hydrogen) atoms. The largest absolute Gasteiger partial charge is 0.378 e. The summed E-state index contributed by atoms with van der Waals surface area (Å²) in [5.74, 6) is -0.257. The Kier molecular flexibility index (Phi) is 5.38. The van der Waals surface area contributed by atoms with Crippen LogP contribution in [-0.2, 0) is 9.53 Å². The van der Waals surface area contributed by atoms with Crippen LogP contribution in [0.15, 0.2) is 47.6 Å². The molecule has 114 valence electrons. The number of carbonyl (C=O) groups is 1. The molecule has 2 rings (SSSR count). The first-order chi connectivity index (χ1) is 10.7. The maximum atomic E-state index is 13.0. The first-order valence-electron chi connectivity index (χ1n) is 6.77. The van der Waals surface area contributed by atoms with Crippen molar-refractivity contribution in [2.24, 2.45) is 5.10 Å². The fraction of sp³-hybridized carbons (Fsp3) is 0.176. The summed E-state index contributed by atoms with van der Waals surface area (Å²) in [6.45, 7) is 2.26. The third kappa shape index (κ3) is 3.77. The number of rotatable bonds is 6. The maximum Gasteiger partial charge on any atom is 0.227 e. The molecule has 0 aliphatic heterocycles. The average Bonchev–Trinajstić information content (AvgIpc) is 2.52. The summed E-state index contributed by atoms with van der Waals surface area (Å²) in [6, 6.07) is 12.2. The van der Waals surface area contributed by atoms with Crippen molar-refractivity contribution < 1.29 is 13.9 Å². The molecule has 2 aromatic rings. The van der Waals surface area contributed by atoms with Crippen molar-refractivity contribution in [3.8, 4) is 11.1 Å². The molecule has 0 spiro atoms. The van der Waals surface area contributed by atoms with E-state index in [4.69, 9.17) is 4.74 Å². The zero-order chi connectivity index (χ0) is 15.9. The molecule has 5 heteroatoms. The lowest BCUT2D eigenvalue weighted by Gasteiger charge is -2.10. The molecule has 0 bridgehead atoms. The Labute approximate surface area is 128 Å². The molecule has 2 aromatic carbocycles. The van der Waals surface area contributed by atoms with Crippen LogP contribution in [0.1, 0.15) is 11.1 Å². The molecule has 0 saturated heterocycles. The number of halogens is 1. The number of nitrogens with zero attached hydrogens (tertiary/aromatic N) is 1. The molecule has 0 aliphatic carbocycles. The van der Waals surface area contributed by atoms with Gasteiger partial charge in [0.1, 0.15) is 5.82 Å². The van der Waals surface area contributed by atoms with Gasteiger partial charge in [0.15, 0.2) is 0 Å². The van der Waals surface area contributed by atoms with E-state index in [1.165, 1.54) is 12.1 Å². The van der Waals surface area contributed by atoms with Crippen molar-refractivity contribution in [3.63, 3.8) is 0 Å². The van der Waals surface area contributed by atoms with Gasteiger partial charge in [-0.1, -0.05) is 24.3 Å². The quantitative estimate of drug-likeness (QED) is 0.506. The minimum Gasteiger partial charge on any atom is -0.378 e. The minimum absolute atomic E-state index is 0.257. The van der Waals surface area contributed by atoms with E-state index in [2.05, 4.69) is 10.5 Å². The van der Waals surface area contributed by atoms with E-state index < -0.39 is 0 Å². The van der Waals surface area contributed by atoms with E-state index in [0.29, 0.717) is 12.1 Å². The molecule has 1 N–H and O–H groups in total. The summed E-state index contributed by atoms with van der Waals surface area (Å²) in [7, 11) is 1.57. The molecule has 0 unspecified atom stereocenters. The number of aryl methyl sites for hydroxylation is 1. The van der Waals surface area contributed by atoms with Crippen LogP contribution >= 0.6 is 0 Å². The highest BCUT2D eigenvalue weighted by atomic mass is 19.1. The van der Waals surface area contributed by atoms with Crippen LogP contribution in [0, 0.1) is 12.7 Å². The van der Waals surface area contributed by atoms with Crippen LogP contribution in [0.25, 0.3) is 11.1 Å². The molecule has 0 fully saturated rings. The van der Waals surface area contributed by atoms with Crippen molar-refractivity contribution in [3.05, 3.63) is 59.4 Å². The first-order valence-corrected chi connectivity index (χ1v) is 6.77. The highest BCUT2D eigenvalue weighted by Crippen LogP contribution is 2.24. The number of methoxy groups -OCH3 is 1. The molecule has 0 heterocycles.